The van der Waals surface area contributed by atoms with Crippen LogP contribution in [0.2, 0.25) is 0 Å². The van der Waals surface area contributed by atoms with Gasteiger partial charge in [-0.25, -0.2) is 4.98 Å². The molecule has 0 radical (unpaired) electrons. The molecule has 4 nitrogen and oxygen atoms in total. The van der Waals surface area contributed by atoms with E-state index in [0.717, 1.165) is 33.8 Å². The van der Waals surface area contributed by atoms with Crippen LogP contribution in [0.25, 0.3) is 32.8 Å². The number of fused-ring (bicyclic) bond motifs is 4. The lowest BCUT2D eigenvalue weighted by Crippen LogP contribution is -2.06. The van der Waals surface area contributed by atoms with E-state index in [2.05, 4.69) is 38.8 Å². The van der Waals surface area contributed by atoms with Gasteiger partial charge in [-0.1, -0.05) is 48.5 Å². The molecule has 0 bridgehead atoms. The summed E-state index contributed by atoms with van der Waals surface area (Å²) in [6.07, 6.45) is 0. The largest absolute Gasteiger partial charge is 0.333 e. The highest BCUT2D eigenvalue weighted by Gasteiger charge is 2.15. The zero-order valence-electron chi connectivity index (χ0n) is 13.8. The van der Waals surface area contributed by atoms with Gasteiger partial charge in [-0.3, -0.25) is 4.79 Å². The van der Waals surface area contributed by atoms with Gasteiger partial charge in [0.05, 0.1) is 17.6 Å². The minimum atomic E-state index is 0.0514. The van der Waals surface area contributed by atoms with Gasteiger partial charge in [0.2, 0.25) is 5.12 Å². The van der Waals surface area contributed by atoms with Crippen LogP contribution in [-0.2, 0) is 11.3 Å². The van der Waals surface area contributed by atoms with E-state index in [1.165, 1.54) is 10.8 Å². The molecule has 0 atom stereocenters. The van der Waals surface area contributed by atoms with Crippen molar-refractivity contribution in [1.29, 1.82) is 0 Å². The van der Waals surface area contributed by atoms with Crippen molar-refractivity contribution in [2.24, 2.45) is 0 Å². The molecule has 0 saturated carbocycles. The molecule has 5 aromatic rings. The van der Waals surface area contributed by atoms with E-state index >= 15 is 0 Å². The molecule has 0 fully saturated rings. The number of para-hydroxylation sites is 4. The van der Waals surface area contributed by atoms with Crippen LogP contribution >= 0.6 is 11.8 Å². The van der Waals surface area contributed by atoms with Gasteiger partial charge in [0.1, 0.15) is 0 Å². The number of imidazole rings is 1. The number of carbonyl (C=O) groups excluding carboxylic acids is 1. The lowest BCUT2D eigenvalue weighted by molar-refractivity contribution is -0.111. The van der Waals surface area contributed by atoms with Gasteiger partial charge in [-0.15, -0.1) is 0 Å². The van der Waals surface area contributed by atoms with Crippen molar-refractivity contribution in [1.82, 2.24) is 14.5 Å². The molecule has 0 unspecified atom stereocenters. The highest BCUT2D eigenvalue weighted by atomic mass is 32.2. The molecule has 0 spiro atoms. The van der Waals surface area contributed by atoms with Crippen LogP contribution in [0.5, 0.6) is 0 Å². The van der Waals surface area contributed by atoms with E-state index in [-0.39, 0.29) is 5.12 Å². The van der Waals surface area contributed by atoms with Crippen molar-refractivity contribution >= 4 is 49.7 Å². The second kappa shape index (κ2) is 6.04. The van der Waals surface area contributed by atoms with E-state index in [9.17, 15) is 4.79 Å². The van der Waals surface area contributed by atoms with Crippen LogP contribution in [0.4, 0.5) is 0 Å². The number of rotatable bonds is 3. The Hall–Kier alpha value is -3.05. The normalized spacial score (nSPS) is 11.5. The molecular weight excluding hydrogens is 342 g/mol. The Kier molecular flexibility index (Phi) is 3.53. The highest BCUT2D eigenvalue weighted by molar-refractivity contribution is 8.13. The van der Waals surface area contributed by atoms with E-state index in [0.29, 0.717) is 11.7 Å². The smallest absolute Gasteiger partial charge is 0.216 e. The number of H-pyrrole nitrogens is 1. The summed E-state index contributed by atoms with van der Waals surface area (Å²) in [6, 6.07) is 24.2. The van der Waals surface area contributed by atoms with Crippen LogP contribution < -0.4 is 0 Å². The Labute approximate surface area is 153 Å². The fraction of sp³-hybridized carbons (Fsp3) is 0.0476. The lowest BCUT2D eigenvalue weighted by atomic mass is 10.2. The molecule has 1 N–H and O–H groups in total. The molecular formula is C21H15N3OS. The van der Waals surface area contributed by atoms with Crippen LogP contribution in [0, 0.1) is 0 Å². The maximum Gasteiger partial charge on any atom is 0.216 e. The molecule has 0 saturated heterocycles. The summed E-state index contributed by atoms with van der Waals surface area (Å²) in [5.41, 5.74) is 3.97. The predicted molar refractivity (Wildman–Crippen MR) is 106 cm³/mol. The molecule has 2 heterocycles. The first-order valence-corrected chi connectivity index (χ1v) is 9.23. The Balaban J connectivity index is 1.51. The van der Waals surface area contributed by atoms with Crippen molar-refractivity contribution in [3.63, 3.8) is 0 Å². The summed E-state index contributed by atoms with van der Waals surface area (Å²) in [5, 5.41) is 3.03. The number of aromatic amines is 1. The summed E-state index contributed by atoms with van der Waals surface area (Å²) in [6.45, 7) is 0.301. The van der Waals surface area contributed by atoms with Crippen LogP contribution in [0.3, 0.4) is 0 Å². The number of nitrogens with one attached hydrogen (secondary N) is 1. The average Bonchev–Trinajstić information content (AvgIpc) is 3.21. The SMILES string of the molecule is O=C(Cn1c2ccccc2c2ccccc21)Sc1nc2ccccc2[nH]1. The number of carbonyl (C=O) groups is 1. The molecule has 5 heteroatoms. The fourth-order valence-corrected chi connectivity index (χ4v) is 4.13. The standard InChI is InChI=1S/C21H15N3OS/c25-20(26-21-22-16-9-3-4-10-17(16)23-21)13-24-18-11-5-1-7-14(18)15-8-2-6-12-19(15)24/h1-12H,13H2,(H,22,23). The number of benzene rings is 3. The van der Waals surface area contributed by atoms with E-state index < -0.39 is 0 Å². The molecule has 0 aliphatic carbocycles. The molecule has 3 aromatic carbocycles. The van der Waals surface area contributed by atoms with E-state index in [4.69, 9.17) is 0 Å². The number of hydrogen-bond donors (Lipinski definition) is 1. The molecule has 0 aliphatic rings. The van der Waals surface area contributed by atoms with Crippen molar-refractivity contribution in [3.8, 4) is 0 Å². The molecule has 5 rings (SSSR count). The Bertz CT molecular complexity index is 1180. The minimum Gasteiger partial charge on any atom is -0.333 e. The summed E-state index contributed by atoms with van der Waals surface area (Å²) in [4.78, 5) is 20.4. The minimum absolute atomic E-state index is 0.0514. The summed E-state index contributed by atoms with van der Waals surface area (Å²) >= 11 is 1.16. The van der Waals surface area contributed by atoms with Gasteiger partial charge < -0.3 is 9.55 Å². The van der Waals surface area contributed by atoms with Gasteiger partial charge in [-0.05, 0) is 36.0 Å². The van der Waals surface area contributed by atoms with Gasteiger partial charge in [0.15, 0.2) is 5.16 Å². The third-order valence-electron chi connectivity index (χ3n) is 4.55. The summed E-state index contributed by atoms with van der Waals surface area (Å²) in [5.74, 6) is 0. The van der Waals surface area contributed by atoms with E-state index in [1.807, 2.05) is 48.5 Å². The van der Waals surface area contributed by atoms with Crippen LogP contribution in [0.1, 0.15) is 0 Å². The maximum atomic E-state index is 12.7. The maximum absolute atomic E-state index is 12.7. The van der Waals surface area contributed by atoms with Gasteiger partial charge in [-0.2, -0.15) is 0 Å². The molecule has 0 aliphatic heterocycles. The summed E-state index contributed by atoms with van der Waals surface area (Å²) in [7, 11) is 0. The first-order valence-electron chi connectivity index (χ1n) is 8.41. The van der Waals surface area contributed by atoms with Crippen molar-refractivity contribution < 1.29 is 4.79 Å². The average molecular weight is 357 g/mol. The number of hydrogen-bond acceptors (Lipinski definition) is 3. The number of thioether (sulfide) groups is 1. The Morgan fingerprint density at radius 1 is 0.885 bits per heavy atom. The first kappa shape index (κ1) is 15.2. The molecule has 126 valence electrons. The van der Waals surface area contributed by atoms with Gasteiger partial charge in [0.25, 0.3) is 0 Å². The highest BCUT2D eigenvalue weighted by Crippen LogP contribution is 2.29. The predicted octanol–water partition coefficient (Wildman–Crippen LogP) is 4.99. The zero-order chi connectivity index (χ0) is 17.5. The van der Waals surface area contributed by atoms with Crippen LogP contribution in [-0.4, -0.2) is 19.7 Å². The second-order valence-corrected chi connectivity index (χ2v) is 7.20. The molecule has 26 heavy (non-hydrogen) atoms. The first-order chi connectivity index (χ1) is 12.8. The van der Waals surface area contributed by atoms with Crippen molar-refractivity contribution in [2.45, 2.75) is 11.7 Å². The molecule has 0 amide bonds. The Morgan fingerprint density at radius 3 is 2.19 bits per heavy atom. The number of nitrogens with zero attached hydrogens (tertiary/aromatic N) is 2. The Morgan fingerprint density at radius 2 is 1.50 bits per heavy atom. The monoisotopic (exact) mass is 357 g/mol. The third kappa shape index (κ3) is 2.48. The van der Waals surface area contributed by atoms with Crippen molar-refractivity contribution in [2.75, 3.05) is 0 Å². The van der Waals surface area contributed by atoms with Gasteiger partial charge in [0, 0.05) is 21.8 Å². The van der Waals surface area contributed by atoms with Crippen molar-refractivity contribution in [3.05, 3.63) is 72.8 Å². The third-order valence-corrected chi connectivity index (χ3v) is 5.29. The topological polar surface area (TPSA) is 50.7 Å². The quantitative estimate of drug-likeness (QED) is 0.463. The number of aromatic nitrogens is 3. The van der Waals surface area contributed by atoms with E-state index in [1.54, 1.807) is 0 Å². The van der Waals surface area contributed by atoms with Gasteiger partial charge >= 0.3 is 0 Å². The lowest BCUT2D eigenvalue weighted by Gasteiger charge is -2.05. The molecule has 2 aromatic heterocycles. The summed E-state index contributed by atoms with van der Waals surface area (Å²) < 4.78 is 2.09. The zero-order valence-corrected chi connectivity index (χ0v) is 14.7. The second-order valence-electron chi connectivity index (χ2n) is 6.15. The van der Waals surface area contributed by atoms with Crippen LogP contribution in [0.15, 0.2) is 78.0 Å². The fourth-order valence-electron chi connectivity index (χ4n) is 3.42.